The molecule has 6 nitrogen and oxygen atoms in total. The largest absolute Gasteiger partial charge is 0.317 e. The molecule has 1 aliphatic rings. The SMILES string of the molecule is C1CCNCC1.CC.Cn1cc(-c2cc(Sc3ccccc3)c3c(C#N)cnn3c2)cn1. The monoisotopic (exact) mass is 446 g/mol. The lowest BCUT2D eigenvalue weighted by Gasteiger charge is -2.08. The van der Waals surface area contributed by atoms with E-state index in [9.17, 15) is 5.26 Å². The Morgan fingerprint density at radius 3 is 2.28 bits per heavy atom. The number of hydrogen-bond acceptors (Lipinski definition) is 5. The van der Waals surface area contributed by atoms with Gasteiger partial charge in [-0.15, -0.1) is 0 Å². The quantitative estimate of drug-likeness (QED) is 0.447. The Labute approximate surface area is 194 Å². The van der Waals surface area contributed by atoms with E-state index in [1.807, 2.05) is 57.7 Å². The van der Waals surface area contributed by atoms with Crippen molar-refractivity contribution in [3.8, 4) is 17.2 Å². The number of piperidine rings is 1. The molecule has 4 heterocycles. The molecule has 4 aromatic rings. The zero-order valence-electron chi connectivity index (χ0n) is 19.0. The molecule has 1 aromatic carbocycles. The van der Waals surface area contributed by atoms with Crippen LogP contribution < -0.4 is 5.32 Å². The number of nitrogens with zero attached hydrogens (tertiary/aromatic N) is 5. The van der Waals surface area contributed by atoms with Gasteiger partial charge in [-0.3, -0.25) is 4.68 Å². The fourth-order valence-electron chi connectivity index (χ4n) is 3.39. The first-order chi connectivity index (χ1) is 15.7. The molecule has 1 N–H and O–H groups in total. The summed E-state index contributed by atoms with van der Waals surface area (Å²) in [7, 11) is 1.89. The predicted molar refractivity (Wildman–Crippen MR) is 131 cm³/mol. The van der Waals surface area contributed by atoms with Crippen molar-refractivity contribution in [2.24, 2.45) is 7.05 Å². The molecule has 0 aliphatic carbocycles. The topological polar surface area (TPSA) is 70.9 Å². The Morgan fingerprint density at radius 1 is 0.969 bits per heavy atom. The van der Waals surface area contributed by atoms with Crippen molar-refractivity contribution in [2.45, 2.75) is 42.9 Å². The smallest absolute Gasteiger partial charge is 0.103 e. The zero-order valence-corrected chi connectivity index (χ0v) is 19.8. The zero-order chi connectivity index (χ0) is 22.8. The summed E-state index contributed by atoms with van der Waals surface area (Å²) in [5.41, 5.74) is 3.44. The molecule has 1 aliphatic heterocycles. The number of fused-ring (bicyclic) bond motifs is 1. The van der Waals surface area contributed by atoms with Crippen molar-refractivity contribution in [3.63, 3.8) is 0 Å². The van der Waals surface area contributed by atoms with Crippen LogP contribution in [-0.4, -0.2) is 32.5 Å². The van der Waals surface area contributed by atoms with Crippen molar-refractivity contribution >= 4 is 17.3 Å². The van der Waals surface area contributed by atoms with Gasteiger partial charge in [0.25, 0.3) is 0 Å². The van der Waals surface area contributed by atoms with Gasteiger partial charge in [0.05, 0.1) is 23.5 Å². The van der Waals surface area contributed by atoms with E-state index in [2.05, 4.69) is 39.8 Å². The average Bonchev–Trinajstić information content (AvgIpc) is 3.49. The predicted octanol–water partition coefficient (Wildman–Crippen LogP) is 5.54. The molecule has 0 saturated carbocycles. The Morgan fingerprint density at radius 2 is 1.72 bits per heavy atom. The van der Waals surface area contributed by atoms with Crippen LogP contribution in [0, 0.1) is 11.3 Å². The number of hydrogen-bond donors (Lipinski definition) is 1. The minimum atomic E-state index is 0.575. The Balaban J connectivity index is 0.000000309. The van der Waals surface area contributed by atoms with E-state index in [4.69, 9.17) is 0 Å². The highest BCUT2D eigenvalue weighted by Gasteiger charge is 2.13. The van der Waals surface area contributed by atoms with Gasteiger partial charge in [0.1, 0.15) is 6.07 Å². The minimum Gasteiger partial charge on any atom is -0.317 e. The molecule has 0 spiro atoms. The summed E-state index contributed by atoms with van der Waals surface area (Å²) in [6.45, 7) is 6.50. The van der Waals surface area contributed by atoms with Gasteiger partial charge >= 0.3 is 0 Å². The number of nitrogens with one attached hydrogen (secondary N) is 1. The van der Waals surface area contributed by atoms with Crippen molar-refractivity contribution in [2.75, 3.05) is 13.1 Å². The van der Waals surface area contributed by atoms with E-state index in [0.29, 0.717) is 5.56 Å². The first kappa shape index (κ1) is 23.6. The molecule has 0 amide bonds. The van der Waals surface area contributed by atoms with Gasteiger partial charge in [0.2, 0.25) is 0 Å². The van der Waals surface area contributed by atoms with Crippen LogP contribution in [0.25, 0.3) is 16.6 Å². The highest BCUT2D eigenvalue weighted by molar-refractivity contribution is 7.99. The second-order valence-corrected chi connectivity index (χ2v) is 8.30. The highest BCUT2D eigenvalue weighted by atomic mass is 32.2. The fourth-order valence-corrected chi connectivity index (χ4v) is 4.42. The van der Waals surface area contributed by atoms with Crippen LogP contribution in [-0.2, 0) is 7.05 Å². The lowest BCUT2D eigenvalue weighted by atomic mass is 10.1. The number of aromatic nitrogens is 4. The second kappa shape index (κ2) is 12.1. The van der Waals surface area contributed by atoms with Crippen LogP contribution in [0.15, 0.2) is 71.0 Å². The van der Waals surface area contributed by atoms with Gasteiger partial charge in [-0.25, -0.2) is 4.52 Å². The lowest BCUT2D eigenvalue weighted by molar-refractivity contribution is 0.520. The molecule has 1 saturated heterocycles. The summed E-state index contributed by atoms with van der Waals surface area (Å²) in [6, 6.07) is 14.4. The Kier molecular flexibility index (Phi) is 8.90. The molecule has 0 radical (unpaired) electrons. The van der Waals surface area contributed by atoms with Crippen molar-refractivity contribution in [3.05, 3.63) is 66.7 Å². The van der Waals surface area contributed by atoms with E-state index >= 15 is 0 Å². The summed E-state index contributed by atoms with van der Waals surface area (Å²) >= 11 is 1.63. The van der Waals surface area contributed by atoms with Crippen molar-refractivity contribution in [1.82, 2.24) is 24.7 Å². The van der Waals surface area contributed by atoms with Crippen LogP contribution >= 0.6 is 11.8 Å². The van der Waals surface area contributed by atoms with E-state index in [-0.39, 0.29) is 0 Å². The molecule has 3 aromatic heterocycles. The number of nitriles is 1. The molecule has 1 fully saturated rings. The molecular weight excluding hydrogens is 416 g/mol. The van der Waals surface area contributed by atoms with Crippen LogP contribution in [0.1, 0.15) is 38.7 Å². The molecule has 0 bridgehead atoms. The molecule has 0 atom stereocenters. The molecule has 166 valence electrons. The first-order valence-electron chi connectivity index (χ1n) is 11.1. The summed E-state index contributed by atoms with van der Waals surface area (Å²) < 4.78 is 3.54. The summed E-state index contributed by atoms with van der Waals surface area (Å²) in [6.07, 6.45) is 11.5. The number of pyridine rings is 1. The highest BCUT2D eigenvalue weighted by Crippen LogP contribution is 2.35. The van der Waals surface area contributed by atoms with Crippen molar-refractivity contribution in [1.29, 1.82) is 5.26 Å². The van der Waals surface area contributed by atoms with E-state index < -0.39 is 0 Å². The third-order valence-corrected chi connectivity index (χ3v) is 5.95. The second-order valence-electron chi connectivity index (χ2n) is 7.18. The molecule has 0 unspecified atom stereocenters. The fraction of sp³-hybridized carbons (Fsp3) is 0.320. The summed E-state index contributed by atoms with van der Waals surface area (Å²) in [4.78, 5) is 2.12. The maximum absolute atomic E-state index is 9.38. The van der Waals surface area contributed by atoms with E-state index in [1.165, 1.54) is 32.4 Å². The Hall–Kier alpha value is -3.08. The van der Waals surface area contributed by atoms with Crippen molar-refractivity contribution < 1.29 is 0 Å². The first-order valence-corrected chi connectivity index (χ1v) is 11.9. The standard InChI is InChI=1S/C18H13N5S.C5H11N.C2H6/c1-22-11-15(10-20-22)13-7-17(24-16-5-3-2-4-6-16)18-14(8-19)9-21-23(18)12-13;1-2-4-6-5-3-1;1-2/h2-7,9-12H,1H3;6H,1-5H2;1-2H3. The van der Waals surface area contributed by atoms with Gasteiger partial charge in [-0.1, -0.05) is 50.2 Å². The van der Waals surface area contributed by atoms with E-state index in [1.54, 1.807) is 27.2 Å². The maximum Gasteiger partial charge on any atom is 0.103 e. The van der Waals surface area contributed by atoms with Gasteiger partial charge < -0.3 is 5.32 Å². The number of aryl methyl sites for hydroxylation is 1. The van der Waals surface area contributed by atoms with Gasteiger partial charge in [-0.2, -0.15) is 15.5 Å². The minimum absolute atomic E-state index is 0.575. The van der Waals surface area contributed by atoms with Crippen LogP contribution in [0.4, 0.5) is 0 Å². The summed E-state index contributed by atoms with van der Waals surface area (Å²) in [5, 5.41) is 21.2. The van der Waals surface area contributed by atoms with Crippen LogP contribution in [0.5, 0.6) is 0 Å². The van der Waals surface area contributed by atoms with Gasteiger partial charge in [-0.05, 0) is 44.1 Å². The maximum atomic E-state index is 9.38. The molecule has 5 rings (SSSR count). The number of rotatable bonds is 3. The normalized spacial score (nSPS) is 12.8. The molecular formula is C25H30N6S. The number of benzene rings is 1. The van der Waals surface area contributed by atoms with Gasteiger partial charge in [0, 0.05) is 40.4 Å². The van der Waals surface area contributed by atoms with Gasteiger partial charge in [0.15, 0.2) is 0 Å². The van der Waals surface area contributed by atoms with E-state index in [0.717, 1.165) is 26.4 Å². The summed E-state index contributed by atoms with van der Waals surface area (Å²) in [5.74, 6) is 0. The van der Waals surface area contributed by atoms with Crippen LogP contribution in [0.3, 0.4) is 0 Å². The Bertz CT molecular complexity index is 1140. The average molecular weight is 447 g/mol. The third-order valence-electron chi connectivity index (χ3n) is 4.91. The molecule has 32 heavy (non-hydrogen) atoms. The lowest BCUT2D eigenvalue weighted by Crippen LogP contribution is -2.21. The molecule has 7 heteroatoms. The van der Waals surface area contributed by atoms with Crippen LogP contribution in [0.2, 0.25) is 0 Å². The third kappa shape index (κ3) is 6.00.